The van der Waals surface area contributed by atoms with Gasteiger partial charge in [-0.25, -0.2) is 9.67 Å². The van der Waals surface area contributed by atoms with E-state index in [-0.39, 0.29) is 11.3 Å². The summed E-state index contributed by atoms with van der Waals surface area (Å²) in [5.41, 5.74) is 0.720. The molecular formula is C16H11N7O3S2. The number of aryl methyl sites for hydroxylation is 1. The lowest BCUT2D eigenvalue weighted by atomic mass is 10.2. The molecule has 0 atom stereocenters. The molecule has 0 fully saturated rings. The molecule has 12 heteroatoms. The van der Waals surface area contributed by atoms with Crippen LogP contribution < -0.4 is 5.32 Å². The average Bonchev–Trinajstić information content (AvgIpc) is 3.27. The maximum Gasteiger partial charge on any atom is 0.270 e. The second kappa shape index (κ2) is 7.32. The minimum atomic E-state index is -0.549. The number of nitro benzene ring substituents is 1. The number of carbonyl (C=O) groups excluding carboxylic acids is 1. The molecule has 0 saturated carbocycles. The minimum Gasteiger partial charge on any atom is -0.298 e. The van der Waals surface area contributed by atoms with Crippen LogP contribution in [0.25, 0.3) is 10.2 Å². The van der Waals surface area contributed by atoms with Gasteiger partial charge in [0.1, 0.15) is 0 Å². The zero-order valence-corrected chi connectivity index (χ0v) is 15.9. The number of nitrogens with one attached hydrogen (secondary N) is 1. The van der Waals surface area contributed by atoms with E-state index in [1.165, 1.54) is 34.2 Å². The van der Waals surface area contributed by atoms with E-state index in [4.69, 9.17) is 0 Å². The molecule has 0 saturated heterocycles. The summed E-state index contributed by atoms with van der Waals surface area (Å²) >= 11 is 2.46. The number of hydrogen-bond acceptors (Lipinski definition) is 9. The molecule has 0 bridgehead atoms. The molecule has 140 valence electrons. The molecule has 0 unspecified atom stereocenters. The highest BCUT2D eigenvalue weighted by atomic mass is 32.2. The van der Waals surface area contributed by atoms with Crippen LogP contribution in [0.5, 0.6) is 0 Å². The second-order valence-corrected chi connectivity index (χ2v) is 7.61. The van der Waals surface area contributed by atoms with Gasteiger partial charge in [-0.1, -0.05) is 23.5 Å². The molecule has 10 nitrogen and oxygen atoms in total. The number of thiazole rings is 1. The lowest BCUT2D eigenvalue weighted by molar-refractivity contribution is -0.384. The quantitative estimate of drug-likeness (QED) is 0.390. The Morgan fingerprint density at radius 2 is 2.11 bits per heavy atom. The van der Waals surface area contributed by atoms with Gasteiger partial charge in [-0.3, -0.25) is 20.2 Å². The van der Waals surface area contributed by atoms with E-state index in [0.29, 0.717) is 15.2 Å². The minimum absolute atomic E-state index is 0.140. The summed E-state index contributed by atoms with van der Waals surface area (Å²) in [4.78, 5) is 28.3. The van der Waals surface area contributed by atoms with Crippen molar-refractivity contribution in [3.63, 3.8) is 0 Å². The van der Waals surface area contributed by atoms with Crippen molar-refractivity contribution in [1.29, 1.82) is 0 Å². The van der Waals surface area contributed by atoms with E-state index in [1.54, 1.807) is 7.05 Å². The monoisotopic (exact) mass is 413 g/mol. The zero-order valence-electron chi connectivity index (χ0n) is 14.3. The number of anilines is 1. The number of tetrazole rings is 1. The van der Waals surface area contributed by atoms with Crippen LogP contribution in [0.1, 0.15) is 10.4 Å². The number of nitro groups is 1. The fourth-order valence-electron chi connectivity index (χ4n) is 2.39. The molecular weight excluding hydrogens is 402 g/mol. The SMILES string of the molecule is Cn1nnnc1Sc1ccc([N+](=O)[O-])cc1C(=O)Nc1nc2ccccc2s1. The van der Waals surface area contributed by atoms with Crippen LogP contribution in [0, 0.1) is 10.1 Å². The largest absolute Gasteiger partial charge is 0.298 e. The summed E-state index contributed by atoms with van der Waals surface area (Å²) in [5.74, 6) is -0.500. The number of hydrogen-bond donors (Lipinski definition) is 1. The van der Waals surface area contributed by atoms with E-state index < -0.39 is 10.8 Å². The highest BCUT2D eigenvalue weighted by Crippen LogP contribution is 2.32. The van der Waals surface area contributed by atoms with Gasteiger partial charge in [0.25, 0.3) is 11.6 Å². The Morgan fingerprint density at radius 3 is 2.82 bits per heavy atom. The van der Waals surface area contributed by atoms with E-state index in [9.17, 15) is 14.9 Å². The Balaban J connectivity index is 1.68. The summed E-state index contributed by atoms with van der Waals surface area (Å²) in [6.45, 7) is 0. The van der Waals surface area contributed by atoms with Gasteiger partial charge in [0, 0.05) is 24.1 Å². The van der Waals surface area contributed by atoms with Crippen molar-refractivity contribution in [2.45, 2.75) is 10.1 Å². The molecule has 4 rings (SSSR count). The maximum absolute atomic E-state index is 12.9. The van der Waals surface area contributed by atoms with Crippen molar-refractivity contribution in [3.05, 3.63) is 58.1 Å². The molecule has 0 aliphatic rings. The molecule has 0 spiro atoms. The molecule has 28 heavy (non-hydrogen) atoms. The third-order valence-electron chi connectivity index (χ3n) is 3.72. The summed E-state index contributed by atoms with van der Waals surface area (Å²) in [6.07, 6.45) is 0. The molecule has 0 aliphatic heterocycles. The number of fused-ring (bicyclic) bond motifs is 1. The van der Waals surface area contributed by atoms with Crippen LogP contribution >= 0.6 is 23.1 Å². The third-order valence-corrected chi connectivity index (χ3v) is 5.77. The summed E-state index contributed by atoms with van der Waals surface area (Å²) in [5, 5.41) is 25.9. The van der Waals surface area contributed by atoms with Crippen LogP contribution in [-0.2, 0) is 7.05 Å². The van der Waals surface area contributed by atoms with Crippen LogP contribution in [0.2, 0.25) is 0 Å². The number of amides is 1. The Morgan fingerprint density at radius 1 is 1.29 bits per heavy atom. The van der Waals surface area contributed by atoms with Crippen molar-refractivity contribution >= 4 is 50.0 Å². The highest BCUT2D eigenvalue weighted by Gasteiger charge is 2.20. The van der Waals surface area contributed by atoms with E-state index in [0.717, 1.165) is 22.0 Å². The first-order valence-electron chi connectivity index (χ1n) is 7.87. The van der Waals surface area contributed by atoms with Crippen molar-refractivity contribution < 1.29 is 9.72 Å². The fourth-order valence-corrected chi connectivity index (χ4v) is 4.10. The number of carbonyl (C=O) groups is 1. The molecule has 4 aromatic rings. The average molecular weight is 413 g/mol. The Labute approximate surface area is 165 Å². The van der Waals surface area contributed by atoms with Crippen LogP contribution in [-0.4, -0.2) is 36.0 Å². The van der Waals surface area contributed by atoms with Gasteiger partial charge in [-0.05, 0) is 40.4 Å². The number of aromatic nitrogens is 5. The summed E-state index contributed by atoms with van der Waals surface area (Å²) in [7, 11) is 1.66. The normalized spacial score (nSPS) is 10.9. The summed E-state index contributed by atoms with van der Waals surface area (Å²) < 4.78 is 2.37. The van der Waals surface area contributed by atoms with Gasteiger partial charge in [0.15, 0.2) is 5.13 Å². The molecule has 0 radical (unpaired) electrons. The number of nitrogens with zero attached hydrogens (tertiary/aromatic N) is 6. The first-order valence-corrected chi connectivity index (χ1v) is 9.50. The number of benzene rings is 2. The Bertz CT molecular complexity index is 1170. The Kier molecular flexibility index (Phi) is 4.71. The lowest BCUT2D eigenvalue weighted by Crippen LogP contribution is -2.13. The van der Waals surface area contributed by atoms with Gasteiger partial charge >= 0.3 is 0 Å². The molecule has 0 aliphatic carbocycles. The van der Waals surface area contributed by atoms with Crippen LogP contribution in [0.3, 0.4) is 0 Å². The maximum atomic E-state index is 12.9. The predicted octanol–water partition coefficient (Wildman–Crippen LogP) is 3.13. The number of rotatable bonds is 5. The lowest BCUT2D eigenvalue weighted by Gasteiger charge is -2.08. The van der Waals surface area contributed by atoms with Gasteiger partial charge < -0.3 is 0 Å². The zero-order chi connectivity index (χ0) is 19.7. The van der Waals surface area contributed by atoms with Gasteiger partial charge in [-0.2, -0.15) is 0 Å². The fraction of sp³-hybridized carbons (Fsp3) is 0.0625. The molecule has 1 N–H and O–H groups in total. The molecule has 2 aromatic carbocycles. The van der Waals surface area contributed by atoms with Crippen LogP contribution in [0.4, 0.5) is 10.8 Å². The first-order chi connectivity index (χ1) is 13.5. The van der Waals surface area contributed by atoms with Gasteiger partial charge in [0.2, 0.25) is 5.16 Å². The van der Waals surface area contributed by atoms with Crippen molar-refractivity contribution in [1.82, 2.24) is 25.2 Å². The van der Waals surface area contributed by atoms with Gasteiger partial charge in [-0.15, -0.1) is 5.10 Å². The number of non-ortho nitro benzene ring substituents is 1. The molecule has 1 amide bonds. The van der Waals surface area contributed by atoms with E-state index >= 15 is 0 Å². The second-order valence-electron chi connectivity index (χ2n) is 5.57. The number of para-hydroxylation sites is 1. The van der Waals surface area contributed by atoms with E-state index in [1.807, 2.05) is 24.3 Å². The van der Waals surface area contributed by atoms with Crippen molar-refractivity contribution in [3.8, 4) is 0 Å². The Hall–Kier alpha value is -3.38. The first kappa shape index (κ1) is 18.0. The standard InChI is InChI=1S/C16H11N7O3S2/c1-22-16(19-20-21-22)28-12-7-6-9(23(25)26)8-10(12)14(24)18-15-17-11-4-2-3-5-13(11)27-15/h2-8H,1H3,(H,17,18,24). The third kappa shape index (κ3) is 3.54. The van der Waals surface area contributed by atoms with E-state index in [2.05, 4.69) is 25.8 Å². The van der Waals surface area contributed by atoms with Crippen molar-refractivity contribution in [2.75, 3.05) is 5.32 Å². The topological polar surface area (TPSA) is 129 Å². The smallest absolute Gasteiger partial charge is 0.270 e. The van der Waals surface area contributed by atoms with Crippen LogP contribution in [0.15, 0.2) is 52.5 Å². The molecule has 2 aromatic heterocycles. The predicted molar refractivity (Wildman–Crippen MR) is 104 cm³/mol. The summed E-state index contributed by atoms with van der Waals surface area (Å²) in [6, 6.07) is 11.6. The highest BCUT2D eigenvalue weighted by molar-refractivity contribution is 7.99. The van der Waals surface area contributed by atoms with Gasteiger partial charge in [0.05, 0.1) is 20.7 Å². The molecule has 2 heterocycles. The van der Waals surface area contributed by atoms with Crippen molar-refractivity contribution in [2.24, 2.45) is 7.05 Å².